The van der Waals surface area contributed by atoms with E-state index in [9.17, 15) is 14.0 Å². The quantitative estimate of drug-likeness (QED) is 0.562. The average molecular weight is 412 g/mol. The maximum absolute atomic E-state index is 13.0. The van der Waals surface area contributed by atoms with E-state index in [0.29, 0.717) is 10.6 Å². The van der Waals surface area contributed by atoms with E-state index >= 15 is 0 Å². The zero-order chi connectivity index (χ0) is 20.6. The summed E-state index contributed by atoms with van der Waals surface area (Å²) in [6.07, 6.45) is 1.64. The molecular weight excluding hydrogens is 391 g/mol. The third-order valence-corrected chi connectivity index (χ3v) is 5.15. The molecule has 1 amide bonds. The third-order valence-electron chi connectivity index (χ3n) is 4.26. The van der Waals surface area contributed by atoms with E-state index in [-0.39, 0.29) is 30.1 Å². The van der Waals surface area contributed by atoms with Crippen molar-refractivity contribution in [2.24, 2.45) is 0 Å². The van der Waals surface area contributed by atoms with Gasteiger partial charge >= 0.3 is 5.97 Å². The summed E-state index contributed by atoms with van der Waals surface area (Å²) in [6.45, 7) is 1.55. The van der Waals surface area contributed by atoms with Crippen LogP contribution in [0.4, 0.5) is 4.39 Å². The number of carbonyl (C=O) groups is 2. The van der Waals surface area contributed by atoms with Crippen LogP contribution in [0.15, 0.2) is 60.0 Å². The van der Waals surface area contributed by atoms with Gasteiger partial charge in [-0.3, -0.25) is 4.79 Å². The largest absolute Gasteiger partial charge is 0.451 e. The minimum atomic E-state index is -0.665. The highest BCUT2D eigenvalue weighted by Gasteiger charge is 2.16. The fourth-order valence-electron chi connectivity index (χ4n) is 2.71. The van der Waals surface area contributed by atoms with Crippen molar-refractivity contribution < 1.29 is 18.7 Å². The molecule has 0 aliphatic rings. The van der Waals surface area contributed by atoms with Crippen LogP contribution in [-0.2, 0) is 16.0 Å². The molecule has 0 fully saturated rings. The molecule has 0 saturated heterocycles. The Hall–Kier alpha value is -3.06. The molecule has 3 aromatic rings. The molecule has 7 heteroatoms. The molecule has 5 nitrogen and oxygen atoms in total. The molecular formula is C22H21FN2O3S. The molecule has 29 heavy (non-hydrogen) atoms. The van der Waals surface area contributed by atoms with Crippen LogP contribution < -0.4 is 5.32 Å². The smallest absolute Gasteiger partial charge is 0.358 e. The van der Waals surface area contributed by atoms with E-state index < -0.39 is 5.97 Å². The van der Waals surface area contributed by atoms with Crippen molar-refractivity contribution in [1.82, 2.24) is 10.3 Å². The summed E-state index contributed by atoms with van der Waals surface area (Å²) in [6, 6.07) is 15.8. The second kappa shape index (κ2) is 9.93. The molecule has 0 aliphatic heterocycles. The van der Waals surface area contributed by atoms with Gasteiger partial charge in [-0.15, -0.1) is 11.3 Å². The Labute approximate surface area is 172 Å². The van der Waals surface area contributed by atoms with Crippen LogP contribution in [0.5, 0.6) is 0 Å². The lowest BCUT2D eigenvalue weighted by Crippen LogP contribution is -2.36. The van der Waals surface area contributed by atoms with E-state index in [1.54, 1.807) is 17.5 Å². The molecule has 3 rings (SSSR count). The number of hydrogen-bond donors (Lipinski definition) is 1. The normalized spacial score (nSPS) is 11.7. The van der Waals surface area contributed by atoms with Gasteiger partial charge in [0.15, 0.2) is 12.3 Å². The predicted molar refractivity (Wildman–Crippen MR) is 110 cm³/mol. The van der Waals surface area contributed by atoms with Crippen molar-refractivity contribution in [3.05, 3.63) is 77.1 Å². The Morgan fingerprint density at radius 2 is 1.86 bits per heavy atom. The summed E-state index contributed by atoms with van der Waals surface area (Å²) in [4.78, 5) is 28.3. The second-order valence-corrected chi connectivity index (χ2v) is 7.47. The van der Waals surface area contributed by atoms with E-state index in [1.165, 1.54) is 29.0 Å². The van der Waals surface area contributed by atoms with Gasteiger partial charge in [-0.2, -0.15) is 0 Å². The molecule has 0 saturated carbocycles. The van der Waals surface area contributed by atoms with Crippen molar-refractivity contribution >= 4 is 23.2 Å². The molecule has 1 heterocycles. The summed E-state index contributed by atoms with van der Waals surface area (Å²) in [5.41, 5.74) is 2.04. The Balaban J connectivity index is 1.44. The second-order valence-electron chi connectivity index (χ2n) is 6.61. The number of carbonyl (C=O) groups excluding carboxylic acids is 2. The first kappa shape index (κ1) is 20.7. The van der Waals surface area contributed by atoms with Gasteiger partial charge in [0.1, 0.15) is 10.8 Å². The number of esters is 1. The number of thiazole rings is 1. The Kier molecular flexibility index (Phi) is 7.08. The number of halogens is 1. The summed E-state index contributed by atoms with van der Waals surface area (Å²) in [5, 5.41) is 4.96. The van der Waals surface area contributed by atoms with Gasteiger partial charge in [-0.25, -0.2) is 14.2 Å². The van der Waals surface area contributed by atoms with Crippen molar-refractivity contribution in [3.8, 4) is 10.6 Å². The van der Waals surface area contributed by atoms with Crippen LogP contribution in [0, 0.1) is 5.82 Å². The molecule has 0 radical (unpaired) electrons. The van der Waals surface area contributed by atoms with E-state index in [4.69, 9.17) is 4.74 Å². The summed E-state index contributed by atoms with van der Waals surface area (Å²) in [7, 11) is 0. The van der Waals surface area contributed by atoms with Gasteiger partial charge in [-0.05, 0) is 49.6 Å². The molecule has 1 atom stereocenters. The van der Waals surface area contributed by atoms with Crippen molar-refractivity contribution in [2.45, 2.75) is 25.8 Å². The number of benzene rings is 2. The molecule has 1 N–H and O–H groups in total. The number of rotatable bonds is 8. The number of aromatic nitrogens is 1. The number of ether oxygens (including phenoxy) is 1. The number of amides is 1. The lowest BCUT2D eigenvalue weighted by atomic mass is 10.1. The topological polar surface area (TPSA) is 68.3 Å². The van der Waals surface area contributed by atoms with Crippen LogP contribution in [0.25, 0.3) is 10.6 Å². The van der Waals surface area contributed by atoms with E-state index in [0.717, 1.165) is 12.8 Å². The van der Waals surface area contributed by atoms with Gasteiger partial charge in [-0.1, -0.05) is 30.3 Å². The van der Waals surface area contributed by atoms with Crippen LogP contribution in [-0.4, -0.2) is 29.5 Å². The highest BCUT2D eigenvalue weighted by molar-refractivity contribution is 7.13. The number of aryl methyl sites for hydroxylation is 1. The van der Waals surface area contributed by atoms with Gasteiger partial charge in [0.25, 0.3) is 5.91 Å². The fourth-order valence-corrected chi connectivity index (χ4v) is 3.51. The highest BCUT2D eigenvalue weighted by atomic mass is 32.1. The monoisotopic (exact) mass is 412 g/mol. The maximum atomic E-state index is 13.0. The lowest BCUT2D eigenvalue weighted by Gasteiger charge is -2.13. The van der Waals surface area contributed by atoms with Gasteiger partial charge in [0.05, 0.1) is 0 Å². The minimum absolute atomic E-state index is 0.0363. The average Bonchev–Trinajstić information content (AvgIpc) is 3.22. The zero-order valence-corrected chi connectivity index (χ0v) is 16.7. The first-order valence-electron chi connectivity index (χ1n) is 9.23. The third kappa shape index (κ3) is 6.22. The molecule has 1 aromatic heterocycles. The minimum Gasteiger partial charge on any atom is -0.451 e. The fraction of sp³-hybridized carbons (Fsp3) is 0.227. The summed E-state index contributed by atoms with van der Waals surface area (Å²) in [5.74, 6) is -1.36. The number of nitrogens with zero attached hydrogens (tertiary/aromatic N) is 1. The standard InChI is InChI=1S/C22H21FN2O3S/c1-15(7-8-16-5-3-2-4-6-16)24-20(26)13-28-22(27)19-14-29-21(25-19)17-9-11-18(23)12-10-17/h2-6,9-12,14-15H,7-8,13H2,1H3,(H,24,26)/t15-/m1/s1. The summed E-state index contributed by atoms with van der Waals surface area (Å²) >= 11 is 1.25. The van der Waals surface area contributed by atoms with Crippen molar-refractivity contribution in [2.75, 3.05) is 6.61 Å². The molecule has 0 bridgehead atoms. The molecule has 0 aliphatic carbocycles. The summed E-state index contributed by atoms with van der Waals surface area (Å²) < 4.78 is 18.1. The lowest BCUT2D eigenvalue weighted by molar-refractivity contribution is -0.124. The van der Waals surface area contributed by atoms with Crippen LogP contribution in [0.1, 0.15) is 29.4 Å². The van der Waals surface area contributed by atoms with Crippen LogP contribution >= 0.6 is 11.3 Å². The zero-order valence-electron chi connectivity index (χ0n) is 15.9. The SMILES string of the molecule is C[C@H](CCc1ccccc1)NC(=O)COC(=O)c1csc(-c2ccc(F)cc2)n1. The Morgan fingerprint density at radius 3 is 2.59 bits per heavy atom. The van der Waals surface area contributed by atoms with E-state index in [1.807, 2.05) is 37.3 Å². The Bertz CT molecular complexity index is 958. The Morgan fingerprint density at radius 1 is 1.14 bits per heavy atom. The molecule has 2 aromatic carbocycles. The maximum Gasteiger partial charge on any atom is 0.358 e. The van der Waals surface area contributed by atoms with Gasteiger partial charge in [0, 0.05) is 17.0 Å². The molecule has 0 unspecified atom stereocenters. The van der Waals surface area contributed by atoms with Gasteiger partial charge < -0.3 is 10.1 Å². The van der Waals surface area contributed by atoms with Gasteiger partial charge in [0.2, 0.25) is 0 Å². The number of hydrogen-bond acceptors (Lipinski definition) is 5. The first-order valence-corrected chi connectivity index (χ1v) is 10.1. The number of nitrogens with one attached hydrogen (secondary N) is 1. The molecule has 0 spiro atoms. The van der Waals surface area contributed by atoms with Crippen LogP contribution in [0.3, 0.4) is 0 Å². The first-order chi connectivity index (χ1) is 14.0. The molecule has 150 valence electrons. The predicted octanol–water partition coefficient (Wildman–Crippen LogP) is 4.24. The van der Waals surface area contributed by atoms with E-state index in [2.05, 4.69) is 10.3 Å². The highest BCUT2D eigenvalue weighted by Crippen LogP contribution is 2.24. The van der Waals surface area contributed by atoms with Crippen molar-refractivity contribution in [1.29, 1.82) is 0 Å². The van der Waals surface area contributed by atoms with Crippen LogP contribution in [0.2, 0.25) is 0 Å². The van der Waals surface area contributed by atoms with Crippen molar-refractivity contribution in [3.63, 3.8) is 0 Å².